The molecule has 7 heteroatoms. The quantitative estimate of drug-likeness (QED) is 0.452. The van der Waals surface area contributed by atoms with Crippen molar-refractivity contribution in [2.75, 3.05) is 5.75 Å². The molecule has 1 saturated carbocycles. The van der Waals surface area contributed by atoms with Gasteiger partial charge in [0.1, 0.15) is 4.83 Å². The lowest BCUT2D eigenvalue weighted by atomic mass is 10.1. The summed E-state index contributed by atoms with van der Waals surface area (Å²) in [4.78, 5) is 31.9. The van der Waals surface area contributed by atoms with Gasteiger partial charge >= 0.3 is 0 Å². The molecule has 1 amide bonds. The number of rotatable bonds is 8. The minimum Gasteiger partial charge on any atom is -0.353 e. The maximum absolute atomic E-state index is 13.1. The summed E-state index contributed by atoms with van der Waals surface area (Å²) in [6.45, 7) is 2.63. The molecule has 2 aromatic heterocycles. The Hall–Kier alpha value is -2.12. The zero-order valence-electron chi connectivity index (χ0n) is 15.8. The third-order valence-corrected chi connectivity index (χ3v) is 6.91. The van der Waals surface area contributed by atoms with Gasteiger partial charge in [0.15, 0.2) is 5.16 Å². The first-order chi connectivity index (χ1) is 13.6. The van der Waals surface area contributed by atoms with E-state index in [0.717, 1.165) is 35.4 Å². The Morgan fingerprint density at radius 1 is 1.32 bits per heavy atom. The summed E-state index contributed by atoms with van der Waals surface area (Å²) in [5.74, 6) is 0.295. The summed E-state index contributed by atoms with van der Waals surface area (Å²) in [5, 5.41) is 4.30. The van der Waals surface area contributed by atoms with Crippen molar-refractivity contribution in [1.82, 2.24) is 14.9 Å². The standard InChI is InChI=1S/C21H23N3O2S2/c1-2-16-12-17-19(28-16)23-21(27-13-18(25)22-15-8-9-15)24(20(17)26)11-10-14-6-4-3-5-7-14/h3-7,12,15H,2,8-11,13H2,1H3,(H,22,25). The minimum atomic E-state index is -0.0121. The van der Waals surface area contributed by atoms with Crippen molar-refractivity contribution in [1.29, 1.82) is 0 Å². The van der Waals surface area contributed by atoms with Gasteiger partial charge in [-0.15, -0.1) is 11.3 Å². The predicted octanol–water partition coefficient (Wildman–Crippen LogP) is 3.63. The Kier molecular flexibility index (Phi) is 5.82. The number of carbonyl (C=O) groups is 1. The molecule has 1 N–H and O–H groups in total. The van der Waals surface area contributed by atoms with E-state index in [-0.39, 0.29) is 17.2 Å². The first-order valence-electron chi connectivity index (χ1n) is 9.63. The summed E-state index contributed by atoms with van der Waals surface area (Å²) in [6.07, 6.45) is 3.77. The molecule has 4 rings (SSSR count). The molecule has 0 radical (unpaired) electrons. The van der Waals surface area contributed by atoms with E-state index in [9.17, 15) is 9.59 Å². The molecule has 3 aromatic rings. The number of aryl methyl sites for hydroxylation is 2. The van der Waals surface area contributed by atoms with Gasteiger partial charge in [-0.25, -0.2) is 4.98 Å². The predicted molar refractivity (Wildman–Crippen MR) is 115 cm³/mol. The van der Waals surface area contributed by atoms with E-state index in [0.29, 0.717) is 23.1 Å². The molecule has 28 heavy (non-hydrogen) atoms. The van der Waals surface area contributed by atoms with Crippen LogP contribution >= 0.6 is 23.1 Å². The van der Waals surface area contributed by atoms with Crippen LogP contribution in [0, 0.1) is 0 Å². The number of thioether (sulfide) groups is 1. The van der Waals surface area contributed by atoms with E-state index in [2.05, 4.69) is 24.4 Å². The molecule has 0 spiro atoms. The number of aromatic nitrogens is 2. The van der Waals surface area contributed by atoms with Crippen molar-refractivity contribution >= 4 is 39.2 Å². The van der Waals surface area contributed by atoms with Crippen molar-refractivity contribution in [2.24, 2.45) is 0 Å². The van der Waals surface area contributed by atoms with Crippen molar-refractivity contribution in [3.63, 3.8) is 0 Å². The maximum Gasteiger partial charge on any atom is 0.262 e. The first kappa shape index (κ1) is 19.2. The second-order valence-electron chi connectivity index (χ2n) is 7.00. The van der Waals surface area contributed by atoms with Gasteiger partial charge in [0.2, 0.25) is 5.91 Å². The third kappa shape index (κ3) is 4.47. The van der Waals surface area contributed by atoms with Gasteiger partial charge in [-0.2, -0.15) is 0 Å². The number of carbonyl (C=O) groups excluding carboxylic acids is 1. The molecule has 1 fully saturated rings. The summed E-state index contributed by atoms with van der Waals surface area (Å²) in [6, 6.07) is 12.4. The van der Waals surface area contributed by atoms with Crippen LogP contribution in [-0.4, -0.2) is 27.3 Å². The maximum atomic E-state index is 13.1. The average Bonchev–Trinajstić information content (AvgIpc) is 3.42. The Bertz CT molecular complexity index is 1040. The van der Waals surface area contributed by atoms with Crippen molar-refractivity contribution in [2.45, 2.75) is 50.4 Å². The average molecular weight is 414 g/mol. The highest BCUT2D eigenvalue weighted by molar-refractivity contribution is 7.99. The number of amides is 1. The van der Waals surface area contributed by atoms with Gasteiger partial charge in [0.25, 0.3) is 5.56 Å². The van der Waals surface area contributed by atoms with Crippen LogP contribution in [0.5, 0.6) is 0 Å². The van der Waals surface area contributed by atoms with Gasteiger partial charge in [-0.1, -0.05) is 49.0 Å². The Morgan fingerprint density at radius 2 is 2.11 bits per heavy atom. The number of fused-ring (bicyclic) bond motifs is 1. The van der Waals surface area contributed by atoms with Crippen molar-refractivity contribution in [3.8, 4) is 0 Å². The fourth-order valence-corrected chi connectivity index (χ4v) is 4.89. The lowest BCUT2D eigenvalue weighted by molar-refractivity contribution is -0.118. The summed E-state index contributed by atoms with van der Waals surface area (Å²) in [5.41, 5.74) is 1.17. The third-order valence-electron chi connectivity index (χ3n) is 4.76. The highest BCUT2D eigenvalue weighted by Crippen LogP contribution is 2.26. The van der Waals surface area contributed by atoms with E-state index in [1.165, 1.54) is 17.3 Å². The molecule has 2 heterocycles. The minimum absolute atomic E-state index is 0.0110. The number of nitrogens with zero attached hydrogens (tertiary/aromatic N) is 2. The highest BCUT2D eigenvalue weighted by Gasteiger charge is 2.23. The van der Waals surface area contributed by atoms with Crippen LogP contribution in [0.2, 0.25) is 0 Å². The molecule has 0 aliphatic heterocycles. The molecule has 0 atom stereocenters. The molecule has 0 saturated heterocycles. The first-order valence-corrected chi connectivity index (χ1v) is 11.4. The second-order valence-corrected chi connectivity index (χ2v) is 9.06. The lowest BCUT2D eigenvalue weighted by Crippen LogP contribution is -2.28. The molecule has 1 aliphatic rings. The number of hydrogen-bond acceptors (Lipinski definition) is 5. The zero-order valence-corrected chi connectivity index (χ0v) is 17.4. The summed E-state index contributed by atoms with van der Waals surface area (Å²) < 4.78 is 1.73. The summed E-state index contributed by atoms with van der Waals surface area (Å²) in [7, 11) is 0. The normalized spacial score (nSPS) is 13.8. The molecule has 1 aliphatic carbocycles. The number of benzene rings is 1. The SMILES string of the molecule is CCc1cc2c(=O)n(CCc3ccccc3)c(SCC(=O)NC3CC3)nc2s1. The van der Waals surface area contributed by atoms with Gasteiger partial charge < -0.3 is 5.32 Å². The fraction of sp³-hybridized carbons (Fsp3) is 0.381. The molecule has 5 nitrogen and oxygen atoms in total. The molecule has 146 valence electrons. The topological polar surface area (TPSA) is 64.0 Å². The van der Waals surface area contributed by atoms with Crippen LogP contribution in [0.25, 0.3) is 10.2 Å². The van der Waals surface area contributed by atoms with E-state index in [4.69, 9.17) is 4.98 Å². The zero-order chi connectivity index (χ0) is 19.5. The smallest absolute Gasteiger partial charge is 0.262 e. The van der Waals surface area contributed by atoms with E-state index >= 15 is 0 Å². The number of hydrogen-bond donors (Lipinski definition) is 1. The fourth-order valence-electron chi connectivity index (χ4n) is 3.04. The van der Waals surface area contributed by atoms with Crippen LogP contribution in [0.4, 0.5) is 0 Å². The molecule has 1 aromatic carbocycles. The van der Waals surface area contributed by atoms with E-state index in [1.54, 1.807) is 15.9 Å². The highest BCUT2D eigenvalue weighted by atomic mass is 32.2. The van der Waals surface area contributed by atoms with Crippen LogP contribution in [0.15, 0.2) is 46.3 Å². The van der Waals surface area contributed by atoms with Gasteiger partial charge in [0, 0.05) is 17.5 Å². The monoisotopic (exact) mass is 413 g/mol. The second kappa shape index (κ2) is 8.49. The van der Waals surface area contributed by atoms with Crippen molar-refractivity contribution < 1.29 is 4.79 Å². The van der Waals surface area contributed by atoms with Crippen LogP contribution in [-0.2, 0) is 24.2 Å². The lowest BCUT2D eigenvalue weighted by Gasteiger charge is -2.12. The van der Waals surface area contributed by atoms with Gasteiger partial charge in [0.05, 0.1) is 11.1 Å². The molecule has 0 unspecified atom stereocenters. The Morgan fingerprint density at radius 3 is 2.82 bits per heavy atom. The van der Waals surface area contributed by atoms with Crippen LogP contribution in [0.3, 0.4) is 0 Å². The van der Waals surface area contributed by atoms with Crippen LogP contribution < -0.4 is 10.9 Å². The number of nitrogens with one attached hydrogen (secondary N) is 1. The Balaban J connectivity index is 1.61. The largest absolute Gasteiger partial charge is 0.353 e. The number of thiophene rings is 1. The van der Waals surface area contributed by atoms with Crippen molar-refractivity contribution in [3.05, 3.63) is 57.2 Å². The molecule has 0 bridgehead atoms. The molecular formula is C21H23N3O2S2. The van der Waals surface area contributed by atoms with E-state index in [1.807, 2.05) is 24.3 Å². The van der Waals surface area contributed by atoms with Gasteiger partial charge in [-0.05, 0) is 37.3 Å². The summed E-state index contributed by atoms with van der Waals surface area (Å²) >= 11 is 2.92. The van der Waals surface area contributed by atoms with Gasteiger partial charge in [-0.3, -0.25) is 14.2 Å². The Labute approximate surface area is 172 Å². The van der Waals surface area contributed by atoms with Crippen LogP contribution in [0.1, 0.15) is 30.2 Å². The van der Waals surface area contributed by atoms with E-state index < -0.39 is 0 Å². The molecular weight excluding hydrogens is 390 g/mol.